The second kappa shape index (κ2) is 7.17. The smallest absolute Gasteiger partial charge is 0.268 e. The Kier molecular flexibility index (Phi) is 4.69. The minimum Gasteiger partial charge on any atom is -0.497 e. The van der Waals surface area contributed by atoms with Gasteiger partial charge in [0.25, 0.3) is 10.0 Å². The standard InChI is InChI=1S/C23H21NO3S/c1-17-7-13-20(14-8-17)28(25,26)24-16-15-21(22-5-3-4-6-23(22)24)18-9-11-19(27-2)12-10-18/h3-16,21H,1-2H3. The van der Waals surface area contributed by atoms with E-state index < -0.39 is 10.0 Å². The van der Waals surface area contributed by atoms with Crippen molar-refractivity contribution in [1.29, 1.82) is 0 Å². The zero-order chi connectivity index (χ0) is 19.7. The fourth-order valence-corrected chi connectivity index (χ4v) is 4.80. The summed E-state index contributed by atoms with van der Waals surface area (Å²) in [5, 5.41) is 0. The summed E-state index contributed by atoms with van der Waals surface area (Å²) in [6.07, 6.45) is 3.59. The molecule has 0 saturated carbocycles. The van der Waals surface area contributed by atoms with Crippen molar-refractivity contribution in [2.24, 2.45) is 0 Å². The number of benzene rings is 3. The molecule has 0 amide bonds. The number of rotatable bonds is 4. The van der Waals surface area contributed by atoms with Crippen LogP contribution < -0.4 is 9.04 Å². The van der Waals surface area contributed by atoms with Gasteiger partial charge in [0.05, 0.1) is 17.7 Å². The number of allylic oxidation sites excluding steroid dienone is 1. The Bertz CT molecular complexity index is 1120. The van der Waals surface area contributed by atoms with Gasteiger partial charge >= 0.3 is 0 Å². The normalized spacial score (nSPS) is 15.9. The van der Waals surface area contributed by atoms with E-state index in [4.69, 9.17) is 4.74 Å². The van der Waals surface area contributed by atoms with Crippen molar-refractivity contribution in [2.75, 3.05) is 11.4 Å². The van der Waals surface area contributed by atoms with Crippen LogP contribution in [0.3, 0.4) is 0 Å². The molecule has 3 aromatic rings. The van der Waals surface area contributed by atoms with Crippen LogP contribution in [0.1, 0.15) is 22.6 Å². The largest absolute Gasteiger partial charge is 0.497 e. The number of nitrogens with zero attached hydrogens (tertiary/aromatic N) is 1. The molecule has 4 rings (SSSR count). The SMILES string of the molecule is COc1ccc(C2C=CN(S(=O)(=O)c3ccc(C)cc3)c3ccccc32)cc1. The van der Waals surface area contributed by atoms with Gasteiger partial charge in [0.15, 0.2) is 0 Å². The quantitative estimate of drug-likeness (QED) is 0.638. The third kappa shape index (κ3) is 3.18. The van der Waals surface area contributed by atoms with Crippen LogP contribution in [-0.4, -0.2) is 15.5 Å². The number of hydrogen-bond acceptors (Lipinski definition) is 3. The fraction of sp³-hybridized carbons (Fsp3) is 0.130. The van der Waals surface area contributed by atoms with Gasteiger partial charge in [-0.2, -0.15) is 0 Å². The van der Waals surface area contributed by atoms with Crippen LogP contribution in [0.15, 0.2) is 90.0 Å². The third-order valence-corrected chi connectivity index (χ3v) is 6.68. The van der Waals surface area contributed by atoms with Crippen LogP contribution in [0, 0.1) is 6.92 Å². The molecule has 0 aromatic heterocycles. The Morgan fingerprint density at radius 2 is 1.57 bits per heavy atom. The molecule has 0 N–H and O–H groups in total. The molecule has 0 bridgehead atoms. The molecule has 4 nitrogen and oxygen atoms in total. The van der Waals surface area contributed by atoms with Gasteiger partial charge in [-0.15, -0.1) is 0 Å². The van der Waals surface area contributed by atoms with Crippen molar-refractivity contribution >= 4 is 15.7 Å². The first-order chi connectivity index (χ1) is 13.5. The minimum atomic E-state index is -3.68. The maximum atomic E-state index is 13.2. The predicted octanol–water partition coefficient (Wildman–Crippen LogP) is 4.86. The summed E-state index contributed by atoms with van der Waals surface area (Å²) in [5.41, 5.74) is 3.72. The van der Waals surface area contributed by atoms with E-state index in [0.29, 0.717) is 5.69 Å². The van der Waals surface area contributed by atoms with Gasteiger partial charge in [-0.3, -0.25) is 0 Å². The topological polar surface area (TPSA) is 46.6 Å². The number of ether oxygens (including phenoxy) is 1. The highest BCUT2D eigenvalue weighted by atomic mass is 32.2. The molecule has 1 atom stereocenters. The van der Waals surface area contributed by atoms with Crippen LogP contribution in [0.4, 0.5) is 5.69 Å². The summed E-state index contributed by atoms with van der Waals surface area (Å²) in [6.45, 7) is 1.94. The fourth-order valence-electron chi connectivity index (χ4n) is 3.43. The summed E-state index contributed by atoms with van der Waals surface area (Å²) in [5.74, 6) is 0.770. The van der Waals surface area contributed by atoms with Crippen LogP contribution in [0.5, 0.6) is 5.75 Å². The van der Waals surface area contributed by atoms with Gasteiger partial charge in [-0.25, -0.2) is 12.7 Å². The molecule has 0 aliphatic carbocycles. The average Bonchev–Trinajstić information content (AvgIpc) is 2.73. The number of methoxy groups -OCH3 is 1. The molecular formula is C23H21NO3S. The second-order valence-electron chi connectivity index (χ2n) is 6.77. The van der Waals surface area contributed by atoms with Crippen LogP contribution >= 0.6 is 0 Å². The zero-order valence-electron chi connectivity index (χ0n) is 15.7. The lowest BCUT2D eigenvalue weighted by molar-refractivity contribution is 0.414. The van der Waals surface area contributed by atoms with Gasteiger partial charge < -0.3 is 4.74 Å². The molecule has 1 aliphatic rings. The molecular weight excluding hydrogens is 370 g/mol. The van der Waals surface area contributed by atoms with Crippen molar-refractivity contribution in [3.8, 4) is 5.75 Å². The number of hydrogen-bond donors (Lipinski definition) is 0. The number of anilines is 1. The van der Waals surface area contributed by atoms with E-state index in [2.05, 4.69) is 0 Å². The van der Waals surface area contributed by atoms with Crippen molar-refractivity contribution in [1.82, 2.24) is 0 Å². The molecule has 142 valence electrons. The highest BCUT2D eigenvalue weighted by Crippen LogP contribution is 2.40. The second-order valence-corrected chi connectivity index (χ2v) is 8.58. The molecule has 1 unspecified atom stereocenters. The van der Waals surface area contributed by atoms with E-state index in [0.717, 1.165) is 22.4 Å². The molecule has 0 saturated heterocycles. The number of sulfonamides is 1. The Morgan fingerprint density at radius 3 is 2.25 bits per heavy atom. The Labute approximate surface area is 165 Å². The Balaban J connectivity index is 1.77. The van der Waals surface area contributed by atoms with Gasteiger partial charge in [-0.1, -0.05) is 54.1 Å². The maximum absolute atomic E-state index is 13.2. The number of fused-ring (bicyclic) bond motifs is 1. The molecule has 1 aliphatic heterocycles. The van der Waals surface area contributed by atoms with Crippen LogP contribution in [-0.2, 0) is 10.0 Å². The summed E-state index contributed by atoms with van der Waals surface area (Å²) < 4.78 is 33.1. The predicted molar refractivity (Wildman–Crippen MR) is 111 cm³/mol. The molecule has 0 fully saturated rings. The van der Waals surface area contributed by atoms with Crippen LogP contribution in [0.25, 0.3) is 0 Å². The highest BCUT2D eigenvalue weighted by Gasteiger charge is 2.30. The van der Waals surface area contributed by atoms with Gasteiger partial charge in [0, 0.05) is 12.1 Å². The first-order valence-electron chi connectivity index (χ1n) is 9.03. The molecule has 28 heavy (non-hydrogen) atoms. The zero-order valence-corrected chi connectivity index (χ0v) is 16.6. The van der Waals surface area contributed by atoms with Crippen molar-refractivity contribution in [2.45, 2.75) is 17.7 Å². The van der Waals surface area contributed by atoms with Crippen LogP contribution in [0.2, 0.25) is 0 Å². The van der Waals surface area contributed by atoms with E-state index in [9.17, 15) is 8.42 Å². The maximum Gasteiger partial charge on any atom is 0.268 e. The van der Waals surface area contributed by atoms with Gasteiger partial charge in [-0.05, 0) is 48.4 Å². The number of aryl methyl sites for hydroxylation is 1. The van der Waals surface area contributed by atoms with Crippen molar-refractivity contribution < 1.29 is 13.2 Å². The summed E-state index contributed by atoms with van der Waals surface area (Å²) >= 11 is 0. The minimum absolute atomic E-state index is 0.0217. The van der Waals surface area contributed by atoms with E-state index in [-0.39, 0.29) is 10.8 Å². The Hall–Kier alpha value is -3.05. The first kappa shape index (κ1) is 18.3. The van der Waals surface area contributed by atoms with Crippen molar-refractivity contribution in [3.63, 3.8) is 0 Å². The summed E-state index contributed by atoms with van der Waals surface area (Å²) in [6, 6.07) is 22.4. The third-order valence-electron chi connectivity index (χ3n) is 4.98. The monoisotopic (exact) mass is 391 g/mol. The lowest BCUT2D eigenvalue weighted by Gasteiger charge is -2.30. The van der Waals surface area contributed by atoms with E-state index in [1.54, 1.807) is 25.4 Å². The first-order valence-corrected chi connectivity index (χ1v) is 10.5. The average molecular weight is 391 g/mol. The van der Waals surface area contributed by atoms with Gasteiger partial charge in [0.2, 0.25) is 0 Å². The van der Waals surface area contributed by atoms with E-state index in [1.165, 1.54) is 4.31 Å². The lowest BCUT2D eigenvalue weighted by Crippen LogP contribution is -2.29. The summed E-state index contributed by atoms with van der Waals surface area (Å²) in [4.78, 5) is 0.278. The molecule has 1 heterocycles. The molecule has 0 radical (unpaired) electrons. The lowest BCUT2D eigenvalue weighted by atomic mass is 9.88. The molecule has 5 heteroatoms. The van der Waals surface area contributed by atoms with Gasteiger partial charge in [0.1, 0.15) is 5.75 Å². The summed E-state index contributed by atoms with van der Waals surface area (Å²) in [7, 11) is -2.04. The van der Waals surface area contributed by atoms with E-state index >= 15 is 0 Å². The molecule has 0 spiro atoms. The van der Waals surface area contributed by atoms with Crippen molar-refractivity contribution in [3.05, 3.63) is 102 Å². The highest BCUT2D eigenvalue weighted by molar-refractivity contribution is 7.93. The number of para-hydroxylation sites is 1. The molecule has 3 aromatic carbocycles. The Morgan fingerprint density at radius 1 is 0.893 bits per heavy atom. The van der Waals surface area contributed by atoms with E-state index in [1.807, 2.05) is 73.7 Å².